The average Bonchev–Trinajstić information content (AvgIpc) is 2.69. The zero-order valence-corrected chi connectivity index (χ0v) is 15.9. The zero-order valence-electron chi connectivity index (χ0n) is 15.9. The second-order valence-electron chi connectivity index (χ2n) is 6.86. The molecule has 0 aromatic carbocycles. The van der Waals surface area contributed by atoms with Crippen LogP contribution in [0.3, 0.4) is 0 Å². The lowest BCUT2D eigenvalue weighted by Gasteiger charge is -2.47. The van der Waals surface area contributed by atoms with Gasteiger partial charge in [0.2, 0.25) is 5.91 Å². The summed E-state index contributed by atoms with van der Waals surface area (Å²) >= 11 is 0. The van der Waals surface area contributed by atoms with Crippen molar-refractivity contribution in [1.82, 2.24) is 5.32 Å². The van der Waals surface area contributed by atoms with E-state index in [1.165, 1.54) is 13.0 Å². The van der Waals surface area contributed by atoms with E-state index in [-0.39, 0.29) is 6.61 Å². The number of hydrogen-bond acceptors (Lipinski definition) is 11. The third-order valence-corrected chi connectivity index (χ3v) is 4.74. The molecule has 12 nitrogen and oxygen atoms in total. The third-order valence-electron chi connectivity index (χ3n) is 4.74. The van der Waals surface area contributed by atoms with Crippen molar-refractivity contribution in [3.05, 3.63) is 12.7 Å². The van der Waals surface area contributed by atoms with Gasteiger partial charge in [-0.2, -0.15) is 0 Å². The van der Waals surface area contributed by atoms with Crippen LogP contribution in [0.2, 0.25) is 0 Å². The lowest BCUT2D eigenvalue weighted by atomic mass is 9.95. The number of rotatable bonds is 8. The molecule has 7 N–H and O–H groups in total. The topological polar surface area (TPSA) is 187 Å². The van der Waals surface area contributed by atoms with E-state index in [2.05, 4.69) is 11.9 Å². The molecular weight excluding hydrogens is 394 g/mol. The molecule has 0 unspecified atom stereocenters. The van der Waals surface area contributed by atoms with Crippen LogP contribution >= 0.6 is 0 Å². The van der Waals surface area contributed by atoms with Gasteiger partial charge in [0.05, 0.1) is 19.8 Å². The molecule has 0 bridgehead atoms. The Morgan fingerprint density at radius 3 is 2.14 bits per heavy atom. The fourth-order valence-electron chi connectivity index (χ4n) is 3.26. The van der Waals surface area contributed by atoms with Gasteiger partial charge < -0.3 is 54.9 Å². The van der Waals surface area contributed by atoms with E-state index in [0.29, 0.717) is 0 Å². The van der Waals surface area contributed by atoms with Crippen LogP contribution in [-0.2, 0) is 23.7 Å². The minimum atomic E-state index is -1.72. The largest absolute Gasteiger partial charge is 0.394 e. The van der Waals surface area contributed by atoms with Crippen LogP contribution in [-0.4, -0.2) is 118 Å². The minimum Gasteiger partial charge on any atom is -0.394 e. The molecule has 2 heterocycles. The first-order chi connectivity index (χ1) is 13.7. The van der Waals surface area contributed by atoms with Gasteiger partial charge in [-0.3, -0.25) is 4.79 Å². The summed E-state index contributed by atoms with van der Waals surface area (Å²) in [4.78, 5) is 11.7. The summed E-state index contributed by atoms with van der Waals surface area (Å²) in [6.45, 7) is 3.50. The van der Waals surface area contributed by atoms with Crippen LogP contribution in [0.1, 0.15) is 6.92 Å². The maximum atomic E-state index is 11.7. The van der Waals surface area contributed by atoms with Crippen molar-refractivity contribution in [3.63, 3.8) is 0 Å². The summed E-state index contributed by atoms with van der Waals surface area (Å²) in [5.41, 5.74) is 0. The van der Waals surface area contributed by atoms with Crippen molar-refractivity contribution in [3.8, 4) is 0 Å². The second kappa shape index (κ2) is 10.7. The fourth-order valence-corrected chi connectivity index (χ4v) is 3.26. The normalized spacial score (nSPS) is 43.0. The van der Waals surface area contributed by atoms with Crippen LogP contribution in [0.15, 0.2) is 12.7 Å². The molecule has 12 heteroatoms. The van der Waals surface area contributed by atoms with Crippen molar-refractivity contribution in [2.24, 2.45) is 0 Å². The van der Waals surface area contributed by atoms with Crippen molar-refractivity contribution in [2.45, 2.75) is 68.3 Å². The maximum Gasteiger partial charge on any atom is 0.217 e. The molecule has 1 amide bonds. The Labute approximate surface area is 167 Å². The van der Waals surface area contributed by atoms with Gasteiger partial charge in [-0.15, -0.1) is 6.58 Å². The highest BCUT2D eigenvalue weighted by atomic mass is 16.7. The van der Waals surface area contributed by atoms with Crippen LogP contribution in [0.25, 0.3) is 0 Å². The lowest BCUT2D eigenvalue weighted by Crippen LogP contribution is -2.68. The quantitative estimate of drug-likeness (QED) is 0.188. The summed E-state index contributed by atoms with van der Waals surface area (Å²) in [5.74, 6) is -0.497. The molecule has 0 radical (unpaired) electrons. The SMILES string of the molecule is C=CCO[C@@H]1O[C@H](CO)[C@H](O)[C@H](O[C@@H]2O[C@H](CO)[C@H](O)[C@H](O)[C@H]2O)[C@H]1NC(C)=O. The van der Waals surface area contributed by atoms with E-state index in [1.807, 2.05) is 0 Å². The summed E-state index contributed by atoms with van der Waals surface area (Å²) in [7, 11) is 0. The predicted octanol–water partition coefficient (Wildman–Crippen LogP) is -4.04. The monoisotopic (exact) mass is 423 g/mol. The van der Waals surface area contributed by atoms with Gasteiger partial charge in [0.1, 0.15) is 48.8 Å². The number of carbonyl (C=O) groups is 1. The van der Waals surface area contributed by atoms with Gasteiger partial charge in [0.25, 0.3) is 0 Å². The number of carbonyl (C=O) groups excluding carboxylic acids is 1. The average molecular weight is 423 g/mol. The predicted molar refractivity (Wildman–Crippen MR) is 94.1 cm³/mol. The summed E-state index contributed by atoms with van der Waals surface area (Å²) in [5, 5.41) is 62.0. The smallest absolute Gasteiger partial charge is 0.217 e. The molecule has 0 saturated carbocycles. The summed E-state index contributed by atoms with van der Waals surface area (Å²) < 4.78 is 21.9. The molecule has 168 valence electrons. The molecule has 2 rings (SSSR count). The minimum absolute atomic E-state index is 0.0295. The van der Waals surface area contributed by atoms with E-state index in [9.17, 15) is 35.4 Å². The maximum absolute atomic E-state index is 11.7. The van der Waals surface area contributed by atoms with E-state index in [0.717, 1.165) is 0 Å². The Morgan fingerprint density at radius 2 is 1.59 bits per heavy atom. The number of aliphatic hydroxyl groups is 6. The molecule has 2 saturated heterocycles. The molecular formula is C17H29NO11. The molecule has 0 aromatic rings. The van der Waals surface area contributed by atoms with Crippen molar-refractivity contribution < 1.29 is 54.4 Å². The van der Waals surface area contributed by atoms with Crippen LogP contribution in [0.5, 0.6) is 0 Å². The first kappa shape index (κ1) is 24.1. The van der Waals surface area contributed by atoms with Gasteiger partial charge in [-0.05, 0) is 0 Å². The van der Waals surface area contributed by atoms with Gasteiger partial charge in [-0.25, -0.2) is 0 Å². The first-order valence-electron chi connectivity index (χ1n) is 9.15. The van der Waals surface area contributed by atoms with Gasteiger partial charge in [0.15, 0.2) is 12.6 Å². The molecule has 0 aromatic heterocycles. The molecule has 2 fully saturated rings. The van der Waals surface area contributed by atoms with E-state index < -0.39 is 80.5 Å². The molecule has 2 aliphatic heterocycles. The third kappa shape index (κ3) is 5.49. The molecule has 2 aliphatic rings. The van der Waals surface area contributed by atoms with Gasteiger partial charge in [-0.1, -0.05) is 6.08 Å². The fraction of sp³-hybridized carbons (Fsp3) is 0.824. The number of hydrogen-bond donors (Lipinski definition) is 7. The molecule has 0 aliphatic carbocycles. The number of amides is 1. The summed E-state index contributed by atoms with van der Waals surface area (Å²) in [6, 6.07) is -1.09. The number of nitrogens with one attached hydrogen (secondary N) is 1. The second-order valence-corrected chi connectivity index (χ2v) is 6.86. The Morgan fingerprint density at radius 1 is 1.00 bits per heavy atom. The van der Waals surface area contributed by atoms with Crippen LogP contribution < -0.4 is 5.32 Å². The van der Waals surface area contributed by atoms with E-state index in [1.54, 1.807) is 0 Å². The highest BCUT2D eigenvalue weighted by Crippen LogP contribution is 2.29. The Kier molecular flexibility index (Phi) is 8.91. The zero-order chi connectivity index (χ0) is 21.7. The van der Waals surface area contributed by atoms with Crippen LogP contribution in [0, 0.1) is 0 Å². The van der Waals surface area contributed by atoms with Gasteiger partial charge in [0, 0.05) is 6.92 Å². The highest BCUT2D eigenvalue weighted by molar-refractivity contribution is 5.73. The molecule has 0 spiro atoms. The number of ether oxygens (including phenoxy) is 4. The van der Waals surface area contributed by atoms with Crippen molar-refractivity contribution >= 4 is 5.91 Å². The molecule has 29 heavy (non-hydrogen) atoms. The molecule has 10 atom stereocenters. The highest BCUT2D eigenvalue weighted by Gasteiger charge is 2.51. The summed E-state index contributed by atoms with van der Waals surface area (Å²) in [6.07, 6.45) is -11.4. The first-order valence-corrected chi connectivity index (χ1v) is 9.15. The van der Waals surface area contributed by atoms with E-state index in [4.69, 9.17) is 18.9 Å². The Bertz CT molecular complexity index is 547. The van der Waals surface area contributed by atoms with Crippen LogP contribution in [0.4, 0.5) is 0 Å². The van der Waals surface area contributed by atoms with Gasteiger partial charge >= 0.3 is 0 Å². The van der Waals surface area contributed by atoms with E-state index >= 15 is 0 Å². The Hall–Kier alpha value is -1.19. The van der Waals surface area contributed by atoms with Crippen molar-refractivity contribution in [2.75, 3.05) is 19.8 Å². The standard InChI is InChI=1S/C17H29NO11/c1-3-4-26-16-10(18-7(2)21)15(12(23)9(6-20)27-16)29-17-14(25)13(24)11(22)8(5-19)28-17/h3,8-17,19-20,22-25H,1,4-6H2,2H3,(H,18,21)/t8-,9-,10-,11+,12+,13+,14-,15-,16-,17+/m1/s1. The van der Waals surface area contributed by atoms with Crippen molar-refractivity contribution in [1.29, 1.82) is 0 Å². The Balaban J connectivity index is 2.27. The lowest BCUT2D eigenvalue weighted by molar-refractivity contribution is -0.344. The number of aliphatic hydroxyl groups excluding tert-OH is 6.